The molecule has 1 N–H and O–H groups in total. The highest BCUT2D eigenvalue weighted by molar-refractivity contribution is 6.06. The van der Waals surface area contributed by atoms with Crippen LogP contribution in [0.1, 0.15) is 23.0 Å². The van der Waals surface area contributed by atoms with Gasteiger partial charge in [-0.25, -0.2) is 4.39 Å². The third-order valence-corrected chi connectivity index (χ3v) is 4.39. The van der Waals surface area contributed by atoms with E-state index in [1.165, 1.54) is 17.0 Å². The van der Waals surface area contributed by atoms with Crippen molar-refractivity contribution < 1.29 is 14.1 Å². The molecule has 4 nitrogen and oxygen atoms in total. The summed E-state index contributed by atoms with van der Waals surface area (Å²) in [5.74, 6) is -0.358. The van der Waals surface area contributed by atoms with Crippen LogP contribution in [0, 0.1) is 12.7 Å². The molecule has 0 bridgehead atoms. The van der Waals surface area contributed by atoms with Gasteiger partial charge in [-0.3, -0.25) is 9.78 Å². The number of carbonyl (C=O) groups excluding carboxylic acids is 1. The molecule has 0 atom stereocenters. The molecule has 0 saturated carbocycles. The largest absolute Gasteiger partial charge is 0.332 e. The number of nitrogens with one attached hydrogen (secondary N) is 1. The molecule has 5 heteroatoms. The van der Waals surface area contributed by atoms with Gasteiger partial charge in [0.05, 0.1) is 43.8 Å². The number of aryl methyl sites for hydroxylation is 1. The summed E-state index contributed by atoms with van der Waals surface area (Å²) in [5, 5.41) is 0.598. The Hall–Kier alpha value is -2.01. The monoisotopic (exact) mass is 302 g/mol. The molecule has 0 radical (unpaired) electrons. The Balaban J connectivity index is 1.95. The molecule has 1 aliphatic heterocycles. The summed E-state index contributed by atoms with van der Waals surface area (Å²) in [4.78, 5) is 20.6. The quantitative estimate of drug-likeness (QED) is 0.900. The Morgan fingerprint density at radius 2 is 2.05 bits per heavy atom. The van der Waals surface area contributed by atoms with E-state index < -0.39 is 0 Å². The van der Waals surface area contributed by atoms with E-state index in [-0.39, 0.29) is 11.7 Å². The van der Waals surface area contributed by atoms with Crippen molar-refractivity contribution in [3.63, 3.8) is 0 Å². The van der Waals surface area contributed by atoms with Gasteiger partial charge in [-0.15, -0.1) is 0 Å². The first-order valence-electron chi connectivity index (χ1n) is 7.78. The van der Waals surface area contributed by atoms with Crippen molar-refractivity contribution in [3.8, 4) is 0 Å². The van der Waals surface area contributed by atoms with Crippen molar-refractivity contribution in [2.24, 2.45) is 0 Å². The Morgan fingerprint density at radius 1 is 1.32 bits per heavy atom. The van der Waals surface area contributed by atoms with Crippen LogP contribution in [0.2, 0.25) is 0 Å². The molecule has 22 heavy (non-hydrogen) atoms. The molecule has 3 rings (SSSR count). The number of halogens is 1. The molecule has 0 spiro atoms. The second-order valence-corrected chi connectivity index (χ2v) is 5.87. The normalized spacial score (nSPS) is 16.2. The van der Waals surface area contributed by atoms with Gasteiger partial charge in [-0.05, 0) is 38.1 Å². The lowest BCUT2D eigenvalue weighted by atomic mass is 10.1. The van der Waals surface area contributed by atoms with Gasteiger partial charge in [0, 0.05) is 11.1 Å². The number of carbonyl (C=O) groups is 1. The zero-order valence-electron chi connectivity index (χ0n) is 13.0. The molecule has 1 aliphatic rings. The fourth-order valence-electron chi connectivity index (χ4n) is 3.06. The minimum absolute atomic E-state index is 0.0174. The molecule has 2 heterocycles. The molecular weight excluding hydrogens is 281 g/mol. The molecular formula is C17H21FN3O+. The summed E-state index contributed by atoms with van der Waals surface area (Å²) in [5.41, 5.74) is 2.00. The van der Waals surface area contributed by atoms with Gasteiger partial charge in [0.25, 0.3) is 5.91 Å². The van der Waals surface area contributed by atoms with E-state index in [0.29, 0.717) is 16.5 Å². The van der Waals surface area contributed by atoms with Crippen molar-refractivity contribution in [1.29, 1.82) is 0 Å². The van der Waals surface area contributed by atoms with Crippen molar-refractivity contribution in [1.82, 2.24) is 9.88 Å². The topological polar surface area (TPSA) is 37.6 Å². The maximum absolute atomic E-state index is 13.6. The molecule has 1 aromatic carbocycles. The minimum atomic E-state index is -0.340. The van der Waals surface area contributed by atoms with E-state index in [4.69, 9.17) is 0 Å². The lowest BCUT2D eigenvalue weighted by Gasteiger charge is -2.31. The van der Waals surface area contributed by atoms with E-state index in [9.17, 15) is 9.18 Å². The van der Waals surface area contributed by atoms with Crippen LogP contribution in [-0.4, -0.2) is 48.5 Å². The third-order valence-electron chi connectivity index (χ3n) is 4.39. The first-order chi connectivity index (χ1) is 10.6. The van der Waals surface area contributed by atoms with Crippen molar-refractivity contribution in [2.45, 2.75) is 13.8 Å². The van der Waals surface area contributed by atoms with Crippen LogP contribution < -0.4 is 4.90 Å². The summed E-state index contributed by atoms with van der Waals surface area (Å²) >= 11 is 0. The van der Waals surface area contributed by atoms with E-state index in [0.717, 1.165) is 38.4 Å². The Morgan fingerprint density at radius 3 is 2.73 bits per heavy atom. The first-order valence-corrected chi connectivity index (χ1v) is 7.78. The second kappa shape index (κ2) is 6.01. The lowest BCUT2D eigenvalue weighted by molar-refractivity contribution is -0.902. The van der Waals surface area contributed by atoms with Crippen molar-refractivity contribution >= 4 is 16.8 Å². The molecule has 0 aliphatic carbocycles. The van der Waals surface area contributed by atoms with E-state index in [1.807, 2.05) is 11.8 Å². The number of pyridine rings is 1. The standard InChI is InChI=1S/C17H20FN3O/c1-3-20-6-8-21(9-7-20)17(22)15-10-12(2)19-16-5-4-13(18)11-14(15)16/h4-5,10-11H,3,6-9H2,1-2H3/p+1. The molecule has 1 aromatic heterocycles. The van der Waals surface area contributed by atoms with Crippen LogP contribution in [0.3, 0.4) is 0 Å². The second-order valence-electron chi connectivity index (χ2n) is 5.87. The fourth-order valence-corrected chi connectivity index (χ4v) is 3.06. The van der Waals surface area contributed by atoms with Gasteiger partial charge in [-0.2, -0.15) is 0 Å². The third kappa shape index (κ3) is 2.81. The Bertz CT molecular complexity index is 708. The number of piperazine rings is 1. The highest BCUT2D eigenvalue weighted by atomic mass is 19.1. The van der Waals surface area contributed by atoms with Crippen LogP contribution in [-0.2, 0) is 0 Å². The SMILES string of the molecule is CC[NH+]1CCN(C(=O)c2cc(C)nc3ccc(F)cc23)CC1. The van der Waals surface area contributed by atoms with Gasteiger partial charge < -0.3 is 9.80 Å². The van der Waals surface area contributed by atoms with Crippen LogP contribution in [0.5, 0.6) is 0 Å². The number of amides is 1. The number of fused-ring (bicyclic) bond motifs is 1. The highest BCUT2D eigenvalue weighted by Crippen LogP contribution is 2.21. The molecule has 0 unspecified atom stereocenters. The van der Waals surface area contributed by atoms with Crippen molar-refractivity contribution in [2.75, 3.05) is 32.7 Å². The highest BCUT2D eigenvalue weighted by Gasteiger charge is 2.25. The van der Waals surface area contributed by atoms with Crippen LogP contribution in [0.15, 0.2) is 24.3 Å². The van der Waals surface area contributed by atoms with E-state index >= 15 is 0 Å². The number of rotatable bonds is 2. The van der Waals surface area contributed by atoms with E-state index in [2.05, 4.69) is 11.9 Å². The summed E-state index contributed by atoms with van der Waals surface area (Å²) in [7, 11) is 0. The molecule has 1 saturated heterocycles. The average Bonchev–Trinajstić information content (AvgIpc) is 2.54. The number of aromatic nitrogens is 1. The molecule has 2 aromatic rings. The fraction of sp³-hybridized carbons (Fsp3) is 0.412. The zero-order chi connectivity index (χ0) is 15.7. The summed E-state index contributed by atoms with van der Waals surface area (Å²) in [6.45, 7) is 8.55. The average molecular weight is 302 g/mol. The molecule has 1 amide bonds. The maximum Gasteiger partial charge on any atom is 0.255 e. The van der Waals surface area contributed by atoms with Gasteiger partial charge in [-0.1, -0.05) is 0 Å². The molecule has 116 valence electrons. The number of hydrogen-bond acceptors (Lipinski definition) is 2. The van der Waals surface area contributed by atoms with Crippen molar-refractivity contribution in [3.05, 3.63) is 41.3 Å². The van der Waals surface area contributed by atoms with E-state index in [1.54, 1.807) is 12.1 Å². The number of likely N-dealkylation sites (N-methyl/N-ethyl adjacent to an activating group) is 1. The molecule has 1 fully saturated rings. The lowest BCUT2D eigenvalue weighted by Crippen LogP contribution is -3.14. The predicted octanol–water partition coefficient (Wildman–Crippen LogP) is 1.04. The summed E-state index contributed by atoms with van der Waals surface area (Å²) < 4.78 is 13.6. The van der Waals surface area contributed by atoms with Gasteiger partial charge in [0.1, 0.15) is 5.82 Å². The maximum atomic E-state index is 13.6. The minimum Gasteiger partial charge on any atom is -0.332 e. The number of benzene rings is 1. The van der Waals surface area contributed by atoms with Gasteiger partial charge >= 0.3 is 0 Å². The number of nitrogens with zero attached hydrogens (tertiary/aromatic N) is 2. The number of hydrogen-bond donors (Lipinski definition) is 1. The Kier molecular flexibility index (Phi) is 4.07. The summed E-state index contributed by atoms with van der Waals surface area (Å²) in [6, 6.07) is 6.19. The zero-order valence-corrected chi connectivity index (χ0v) is 13.0. The van der Waals surface area contributed by atoms with Crippen LogP contribution in [0.25, 0.3) is 10.9 Å². The number of quaternary nitrogens is 1. The first kappa shape index (κ1) is 14.9. The predicted molar refractivity (Wildman–Crippen MR) is 83.6 cm³/mol. The van der Waals surface area contributed by atoms with Crippen LogP contribution in [0.4, 0.5) is 4.39 Å². The van der Waals surface area contributed by atoms with Gasteiger partial charge in [0.15, 0.2) is 0 Å². The smallest absolute Gasteiger partial charge is 0.255 e. The van der Waals surface area contributed by atoms with Crippen LogP contribution >= 0.6 is 0 Å². The Labute approximate surface area is 129 Å². The van der Waals surface area contributed by atoms with Gasteiger partial charge in [0.2, 0.25) is 0 Å². The summed E-state index contributed by atoms with van der Waals surface area (Å²) in [6.07, 6.45) is 0.